The van der Waals surface area contributed by atoms with Gasteiger partial charge in [-0.05, 0) is 53.4 Å². The molecule has 0 fully saturated rings. The van der Waals surface area contributed by atoms with Crippen LogP contribution < -0.4 is 0 Å². The van der Waals surface area contributed by atoms with Crippen LogP contribution in [0.3, 0.4) is 0 Å². The molecule has 2 aromatic carbocycles. The molecule has 0 aliphatic heterocycles. The fraction of sp³-hybridized carbons (Fsp3) is 0.238. The highest BCUT2D eigenvalue weighted by Gasteiger charge is 2.27. The van der Waals surface area contributed by atoms with Gasteiger partial charge in [-0.1, -0.05) is 72.8 Å². The molecule has 0 amide bonds. The average Bonchev–Trinajstić information content (AvgIpc) is 2.55. The number of allylic oxidation sites excluding steroid dienone is 4. The van der Waals surface area contributed by atoms with Crippen LogP contribution in [-0.4, -0.2) is 0 Å². The van der Waals surface area contributed by atoms with Gasteiger partial charge in [0.25, 0.3) is 0 Å². The lowest BCUT2D eigenvalue weighted by Gasteiger charge is -2.33. The number of fused-ring (bicyclic) bond motifs is 2. The summed E-state index contributed by atoms with van der Waals surface area (Å²) in [5.74, 6) is 1.42. The van der Waals surface area contributed by atoms with Gasteiger partial charge in [-0.3, -0.25) is 0 Å². The Labute approximate surface area is 126 Å². The van der Waals surface area contributed by atoms with Crippen LogP contribution in [-0.2, 0) is 0 Å². The molecule has 0 spiro atoms. The van der Waals surface area contributed by atoms with Gasteiger partial charge in [-0.15, -0.1) is 0 Å². The first-order valence-electron chi connectivity index (χ1n) is 7.91. The van der Waals surface area contributed by atoms with Crippen LogP contribution >= 0.6 is 0 Å². The molecule has 0 saturated heterocycles. The quantitative estimate of drug-likeness (QED) is 0.669. The van der Waals surface area contributed by atoms with E-state index in [4.69, 9.17) is 0 Å². The molecule has 0 radical (unpaired) electrons. The van der Waals surface area contributed by atoms with Gasteiger partial charge >= 0.3 is 0 Å². The highest BCUT2D eigenvalue weighted by atomic mass is 14.3. The number of benzene rings is 2. The summed E-state index contributed by atoms with van der Waals surface area (Å²) in [5, 5.41) is 0. The van der Waals surface area contributed by atoms with Crippen molar-refractivity contribution in [2.75, 3.05) is 0 Å². The van der Waals surface area contributed by atoms with Gasteiger partial charge in [0.05, 0.1) is 0 Å². The predicted molar refractivity (Wildman–Crippen MR) is 89.7 cm³/mol. The Morgan fingerprint density at radius 3 is 1.43 bits per heavy atom. The molecule has 0 heteroatoms. The van der Waals surface area contributed by atoms with E-state index in [-0.39, 0.29) is 0 Å². The minimum atomic E-state index is 0.708. The molecule has 2 aliphatic carbocycles. The zero-order valence-electron chi connectivity index (χ0n) is 12.2. The number of hydrogen-bond donors (Lipinski definition) is 0. The molecule has 2 atom stereocenters. The molecule has 2 unspecified atom stereocenters. The van der Waals surface area contributed by atoms with Crippen molar-refractivity contribution in [3.8, 4) is 0 Å². The van der Waals surface area contributed by atoms with Crippen molar-refractivity contribution in [1.82, 2.24) is 0 Å². The van der Waals surface area contributed by atoms with E-state index in [9.17, 15) is 0 Å². The van der Waals surface area contributed by atoms with Crippen LogP contribution in [0.15, 0.2) is 72.8 Å². The van der Waals surface area contributed by atoms with Gasteiger partial charge in [0, 0.05) is 0 Å². The van der Waals surface area contributed by atoms with Crippen molar-refractivity contribution in [2.45, 2.75) is 19.3 Å². The maximum atomic E-state index is 2.53. The molecule has 0 N–H and O–H groups in total. The topological polar surface area (TPSA) is 0 Å². The zero-order chi connectivity index (χ0) is 14.1. The maximum absolute atomic E-state index is 2.53. The third-order valence-electron chi connectivity index (χ3n) is 4.73. The van der Waals surface area contributed by atoms with Gasteiger partial charge in [0.1, 0.15) is 0 Å². The lowest BCUT2D eigenvalue weighted by molar-refractivity contribution is 0.457. The fourth-order valence-corrected chi connectivity index (χ4v) is 3.81. The Balaban J connectivity index is 1.61. The molecule has 2 bridgehead atoms. The van der Waals surface area contributed by atoms with Crippen LogP contribution in [0.4, 0.5) is 0 Å². The Kier molecular flexibility index (Phi) is 3.23. The minimum absolute atomic E-state index is 0.708. The molecule has 2 aromatic rings. The molecule has 21 heavy (non-hydrogen) atoms. The monoisotopic (exact) mass is 272 g/mol. The molecule has 4 rings (SSSR count). The second-order valence-electron chi connectivity index (χ2n) is 6.28. The van der Waals surface area contributed by atoms with E-state index < -0.39 is 0 Å². The van der Waals surface area contributed by atoms with Gasteiger partial charge in [-0.2, -0.15) is 0 Å². The third-order valence-corrected chi connectivity index (χ3v) is 4.73. The molecule has 104 valence electrons. The van der Waals surface area contributed by atoms with E-state index in [1.165, 1.54) is 30.4 Å². The van der Waals surface area contributed by atoms with Gasteiger partial charge in [-0.25, -0.2) is 0 Å². The van der Waals surface area contributed by atoms with Crippen molar-refractivity contribution < 1.29 is 0 Å². The lowest BCUT2D eigenvalue weighted by atomic mass is 9.72. The van der Waals surface area contributed by atoms with Gasteiger partial charge in [0.2, 0.25) is 0 Å². The Morgan fingerprint density at radius 2 is 1.00 bits per heavy atom. The summed E-state index contributed by atoms with van der Waals surface area (Å²) in [4.78, 5) is 0. The summed E-state index contributed by atoms with van der Waals surface area (Å²) < 4.78 is 0. The second kappa shape index (κ2) is 5.37. The Bertz CT molecular complexity index is 615. The normalized spacial score (nSPS) is 24.2. The third kappa shape index (κ3) is 2.58. The largest absolute Gasteiger partial charge is 0.0772 e. The van der Waals surface area contributed by atoms with Crippen molar-refractivity contribution in [3.63, 3.8) is 0 Å². The predicted octanol–water partition coefficient (Wildman–Crippen LogP) is 5.58. The van der Waals surface area contributed by atoms with E-state index in [2.05, 4.69) is 72.8 Å². The van der Waals surface area contributed by atoms with Crippen molar-refractivity contribution >= 4 is 11.1 Å². The first-order valence-corrected chi connectivity index (χ1v) is 7.91. The number of rotatable bonds is 2. The Hall–Kier alpha value is -2.08. The van der Waals surface area contributed by atoms with Gasteiger partial charge in [0.15, 0.2) is 0 Å². The summed E-state index contributed by atoms with van der Waals surface area (Å²) in [6, 6.07) is 21.8. The van der Waals surface area contributed by atoms with Crippen LogP contribution in [0.1, 0.15) is 30.4 Å². The van der Waals surface area contributed by atoms with E-state index >= 15 is 0 Å². The molecule has 0 aromatic heterocycles. The van der Waals surface area contributed by atoms with Crippen LogP contribution in [0.25, 0.3) is 11.1 Å². The van der Waals surface area contributed by atoms with Crippen LogP contribution in [0.2, 0.25) is 0 Å². The summed E-state index contributed by atoms with van der Waals surface area (Å²) in [7, 11) is 0. The summed E-state index contributed by atoms with van der Waals surface area (Å²) in [6.45, 7) is 0. The SMILES string of the molecule is C1=C(c2ccccc2)CC2C=C(c3ccccc3)CC1C2. The van der Waals surface area contributed by atoms with Crippen molar-refractivity contribution in [3.05, 3.63) is 83.9 Å². The van der Waals surface area contributed by atoms with E-state index in [1.54, 1.807) is 11.1 Å². The van der Waals surface area contributed by atoms with Crippen LogP contribution in [0, 0.1) is 11.8 Å². The summed E-state index contributed by atoms with van der Waals surface area (Å²) in [6.07, 6.45) is 8.77. The maximum Gasteiger partial charge on any atom is -0.0181 e. The second-order valence-corrected chi connectivity index (χ2v) is 6.28. The fourth-order valence-electron chi connectivity index (χ4n) is 3.81. The molecular weight excluding hydrogens is 252 g/mol. The highest BCUT2D eigenvalue weighted by Crippen LogP contribution is 2.43. The minimum Gasteiger partial charge on any atom is -0.0772 e. The first kappa shape index (κ1) is 12.6. The molecule has 0 heterocycles. The standard InChI is InChI=1S/C21H20/c1-3-7-18(8-4-1)20-12-16-11-17(13-20)15-21(14-16)19-9-5-2-6-10-19/h1-10,12,15-17H,11,13-14H2. The molecule has 2 aliphatic rings. The smallest absolute Gasteiger partial charge is 0.0181 e. The Morgan fingerprint density at radius 1 is 0.571 bits per heavy atom. The average molecular weight is 272 g/mol. The molecular formula is C21H20. The van der Waals surface area contributed by atoms with E-state index in [0.29, 0.717) is 11.8 Å². The molecule has 0 nitrogen and oxygen atoms in total. The lowest BCUT2D eigenvalue weighted by Crippen LogP contribution is -2.18. The highest BCUT2D eigenvalue weighted by molar-refractivity contribution is 5.72. The number of hydrogen-bond acceptors (Lipinski definition) is 0. The van der Waals surface area contributed by atoms with E-state index in [0.717, 1.165) is 0 Å². The summed E-state index contributed by atoms with van der Waals surface area (Å²) >= 11 is 0. The van der Waals surface area contributed by atoms with Crippen molar-refractivity contribution in [2.24, 2.45) is 11.8 Å². The molecule has 0 saturated carbocycles. The zero-order valence-corrected chi connectivity index (χ0v) is 12.2. The van der Waals surface area contributed by atoms with Gasteiger partial charge < -0.3 is 0 Å². The van der Waals surface area contributed by atoms with Crippen molar-refractivity contribution in [1.29, 1.82) is 0 Å². The first-order chi connectivity index (χ1) is 10.4. The summed E-state index contributed by atoms with van der Waals surface area (Å²) in [5.41, 5.74) is 5.90. The van der Waals surface area contributed by atoms with Crippen LogP contribution in [0.5, 0.6) is 0 Å². The van der Waals surface area contributed by atoms with E-state index in [1.807, 2.05) is 0 Å².